The largest absolute Gasteiger partial charge is 0.317 e. The SMILES string of the molecule is CCN(CC)C(C(=O)Nc1ncc(C2CCNCC2)s1)c1ccccc1. The second-order valence-electron chi connectivity index (χ2n) is 6.62. The normalized spacial score (nSPS) is 16.6. The summed E-state index contributed by atoms with van der Waals surface area (Å²) in [5.74, 6) is 0.554. The molecule has 1 aliphatic rings. The van der Waals surface area contributed by atoms with E-state index in [0.29, 0.717) is 11.0 Å². The molecular weight excluding hydrogens is 344 g/mol. The first-order valence-corrected chi connectivity index (χ1v) is 10.3. The molecule has 0 spiro atoms. The second kappa shape index (κ2) is 9.26. The highest BCUT2D eigenvalue weighted by Gasteiger charge is 2.27. The van der Waals surface area contributed by atoms with Crippen LogP contribution in [0.3, 0.4) is 0 Å². The van der Waals surface area contributed by atoms with Gasteiger partial charge < -0.3 is 10.6 Å². The number of piperidine rings is 1. The summed E-state index contributed by atoms with van der Waals surface area (Å²) in [4.78, 5) is 21.0. The molecule has 2 N–H and O–H groups in total. The highest BCUT2D eigenvalue weighted by molar-refractivity contribution is 7.15. The van der Waals surface area contributed by atoms with Gasteiger partial charge in [0.2, 0.25) is 5.91 Å². The van der Waals surface area contributed by atoms with Crippen molar-refractivity contribution in [2.24, 2.45) is 0 Å². The van der Waals surface area contributed by atoms with E-state index < -0.39 is 0 Å². The molecule has 1 aliphatic heterocycles. The Morgan fingerprint density at radius 2 is 1.96 bits per heavy atom. The number of thiazole rings is 1. The van der Waals surface area contributed by atoms with Crippen LogP contribution in [0.5, 0.6) is 0 Å². The fourth-order valence-electron chi connectivity index (χ4n) is 3.57. The first kappa shape index (κ1) is 19.0. The molecule has 1 amide bonds. The summed E-state index contributed by atoms with van der Waals surface area (Å²) in [7, 11) is 0. The number of hydrogen-bond donors (Lipinski definition) is 2. The Kier molecular flexibility index (Phi) is 6.77. The summed E-state index contributed by atoms with van der Waals surface area (Å²) in [6, 6.07) is 9.69. The van der Waals surface area contributed by atoms with Gasteiger partial charge in [0.1, 0.15) is 6.04 Å². The van der Waals surface area contributed by atoms with Gasteiger partial charge in [-0.05, 0) is 50.5 Å². The molecule has 1 aromatic carbocycles. The lowest BCUT2D eigenvalue weighted by Crippen LogP contribution is -2.37. The highest BCUT2D eigenvalue weighted by atomic mass is 32.1. The van der Waals surface area contributed by atoms with Crippen LogP contribution in [-0.2, 0) is 4.79 Å². The zero-order chi connectivity index (χ0) is 18.4. The third-order valence-corrected chi connectivity index (χ3v) is 6.11. The fraction of sp³-hybridized carbons (Fsp3) is 0.500. The summed E-state index contributed by atoms with van der Waals surface area (Å²) in [5.41, 5.74) is 1.02. The number of nitrogens with one attached hydrogen (secondary N) is 2. The second-order valence-corrected chi connectivity index (χ2v) is 7.68. The maximum absolute atomic E-state index is 13.1. The van der Waals surface area contributed by atoms with E-state index in [1.807, 2.05) is 36.5 Å². The third kappa shape index (κ3) is 4.50. The van der Waals surface area contributed by atoms with Crippen LogP contribution in [0.4, 0.5) is 5.13 Å². The summed E-state index contributed by atoms with van der Waals surface area (Å²) >= 11 is 1.62. The van der Waals surface area contributed by atoms with Crippen molar-refractivity contribution >= 4 is 22.4 Å². The number of benzene rings is 1. The van der Waals surface area contributed by atoms with Crippen molar-refractivity contribution in [1.29, 1.82) is 0 Å². The van der Waals surface area contributed by atoms with E-state index >= 15 is 0 Å². The van der Waals surface area contributed by atoms with E-state index in [1.165, 1.54) is 4.88 Å². The zero-order valence-electron chi connectivity index (χ0n) is 15.6. The van der Waals surface area contributed by atoms with Crippen LogP contribution >= 0.6 is 11.3 Å². The Labute approximate surface area is 159 Å². The topological polar surface area (TPSA) is 57.3 Å². The molecule has 1 saturated heterocycles. The Morgan fingerprint density at radius 1 is 1.27 bits per heavy atom. The third-order valence-electron chi connectivity index (χ3n) is 5.04. The number of anilines is 1. The molecule has 1 fully saturated rings. The van der Waals surface area contributed by atoms with Crippen molar-refractivity contribution < 1.29 is 4.79 Å². The molecule has 0 aliphatic carbocycles. The molecule has 140 valence electrons. The quantitative estimate of drug-likeness (QED) is 0.779. The Bertz CT molecular complexity index is 693. The van der Waals surface area contributed by atoms with Crippen molar-refractivity contribution in [3.05, 3.63) is 47.0 Å². The van der Waals surface area contributed by atoms with Crippen LogP contribution < -0.4 is 10.6 Å². The number of hydrogen-bond acceptors (Lipinski definition) is 5. The van der Waals surface area contributed by atoms with Gasteiger partial charge in [0.15, 0.2) is 5.13 Å². The van der Waals surface area contributed by atoms with Crippen LogP contribution in [-0.4, -0.2) is 42.0 Å². The monoisotopic (exact) mass is 372 g/mol. The predicted octanol–water partition coefficient (Wildman–Crippen LogP) is 3.63. The smallest absolute Gasteiger partial charge is 0.248 e. The molecule has 3 rings (SSSR count). The van der Waals surface area contributed by atoms with E-state index in [9.17, 15) is 4.79 Å². The molecular formula is C20H28N4OS. The molecule has 0 bridgehead atoms. The van der Waals surface area contributed by atoms with Crippen molar-refractivity contribution in [2.45, 2.75) is 38.6 Å². The lowest BCUT2D eigenvalue weighted by atomic mass is 9.97. The Balaban J connectivity index is 1.74. The van der Waals surface area contributed by atoms with Gasteiger partial charge in [0, 0.05) is 11.1 Å². The number of carbonyl (C=O) groups excluding carboxylic acids is 1. The van der Waals surface area contributed by atoms with Crippen molar-refractivity contribution in [3.63, 3.8) is 0 Å². The van der Waals surface area contributed by atoms with E-state index in [1.54, 1.807) is 11.3 Å². The lowest BCUT2D eigenvalue weighted by Gasteiger charge is -2.28. The average Bonchev–Trinajstić information content (AvgIpc) is 3.15. The minimum Gasteiger partial charge on any atom is -0.317 e. The number of carbonyl (C=O) groups is 1. The Morgan fingerprint density at radius 3 is 2.62 bits per heavy atom. The number of amides is 1. The molecule has 1 atom stereocenters. The maximum Gasteiger partial charge on any atom is 0.248 e. The van der Waals surface area contributed by atoms with Gasteiger partial charge in [-0.2, -0.15) is 0 Å². The first-order valence-electron chi connectivity index (χ1n) is 9.49. The van der Waals surface area contributed by atoms with E-state index in [4.69, 9.17) is 0 Å². The minimum atomic E-state index is -0.294. The van der Waals surface area contributed by atoms with E-state index in [-0.39, 0.29) is 11.9 Å². The van der Waals surface area contributed by atoms with Crippen molar-refractivity contribution in [3.8, 4) is 0 Å². The molecule has 0 saturated carbocycles. The maximum atomic E-state index is 13.1. The zero-order valence-corrected chi connectivity index (χ0v) is 16.4. The number of nitrogens with zero attached hydrogens (tertiary/aromatic N) is 2. The molecule has 5 nitrogen and oxygen atoms in total. The standard InChI is InChI=1S/C20H28N4OS/c1-3-24(4-2)18(16-8-6-5-7-9-16)19(25)23-20-22-14-17(26-20)15-10-12-21-13-11-15/h5-9,14-15,18,21H,3-4,10-13H2,1-2H3,(H,22,23,25). The van der Waals surface area contributed by atoms with Gasteiger partial charge in [-0.25, -0.2) is 4.98 Å². The van der Waals surface area contributed by atoms with Crippen molar-refractivity contribution in [2.75, 3.05) is 31.5 Å². The van der Waals surface area contributed by atoms with Gasteiger partial charge >= 0.3 is 0 Å². The van der Waals surface area contributed by atoms with Crippen LogP contribution in [0, 0.1) is 0 Å². The average molecular weight is 373 g/mol. The fourth-order valence-corrected chi connectivity index (χ4v) is 4.55. The lowest BCUT2D eigenvalue weighted by molar-refractivity contribution is -0.121. The molecule has 2 heterocycles. The number of likely N-dealkylation sites (N-methyl/N-ethyl adjacent to an activating group) is 1. The van der Waals surface area contributed by atoms with Crippen molar-refractivity contribution in [1.82, 2.24) is 15.2 Å². The highest BCUT2D eigenvalue weighted by Crippen LogP contribution is 2.32. The first-order chi connectivity index (χ1) is 12.7. The number of aromatic nitrogens is 1. The minimum absolute atomic E-state index is 0.00823. The van der Waals surface area contributed by atoms with Gasteiger partial charge in [-0.15, -0.1) is 11.3 Å². The van der Waals surface area contributed by atoms with E-state index in [2.05, 4.69) is 34.4 Å². The molecule has 1 unspecified atom stereocenters. The van der Waals surface area contributed by atoms with Gasteiger partial charge in [0.05, 0.1) is 0 Å². The van der Waals surface area contributed by atoms with E-state index in [0.717, 1.165) is 44.6 Å². The molecule has 0 radical (unpaired) electrons. The molecule has 1 aromatic heterocycles. The molecule has 26 heavy (non-hydrogen) atoms. The number of rotatable bonds is 7. The van der Waals surface area contributed by atoms with Gasteiger partial charge in [-0.3, -0.25) is 9.69 Å². The summed E-state index contributed by atoms with van der Waals surface area (Å²) in [6.07, 6.45) is 4.22. The molecule has 2 aromatic rings. The predicted molar refractivity (Wildman–Crippen MR) is 108 cm³/mol. The van der Waals surface area contributed by atoms with Crippen LogP contribution in [0.25, 0.3) is 0 Å². The van der Waals surface area contributed by atoms with Crippen LogP contribution in [0.1, 0.15) is 49.1 Å². The summed E-state index contributed by atoms with van der Waals surface area (Å²) < 4.78 is 0. The van der Waals surface area contributed by atoms with Crippen LogP contribution in [0.2, 0.25) is 0 Å². The van der Waals surface area contributed by atoms with Gasteiger partial charge in [-0.1, -0.05) is 44.2 Å². The summed E-state index contributed by atoms with van der Waals surface area (Å²) in [5, 5.41) is 7.16. The molecule has 6 heteroatoms. The Hall–Kier alpha value is -1.76. The van der Waals surface area contributed by atoms with Crippen LogP contribution in [0.15, 0.2) is 36.5 Å². The summed E-state index contributed by atoms with van der Waals surface area (Å²) in [6.45, 7) is 7.94. The van der Waals surface area contributed by atoms with Gasteiger partial charge in [0.25, 0.3) is 0 Å².